The summed E-state index contributed by atoms with van der Waals surface area (Å²) in [5.74, 6) is -0.256. The predicted octanol–water partition coefficient (Wildman–Crippen LogP) is 1.29. The minimum atomic E-state index is -0.705. The number of likely N-dealkylation sites (tertiary alicyclic amines) is 1. The van der Waals surface area contributed by atoms with E-state index in [1.54, 1.807) is 6.92 Å². The van der Waals surface area contributed by atoms with Gasteiger partial charge in [-0.1, -0.05) is 35.5 Å². The number of amides is 1. The van der Waals surface area contributed by atoms with Gasteiger partial charge < -0.3 is 10.3 Å². The van der Waals surface area contributed by atoms with E-state index in [1.807, 2.05) is 30.3 Å². The number of carbonyl (C=O) groups excluding carboxylic acids is 2. The Bertz CT molecular complexity index is 733. The van der Waals surface area contributed by atoms with Crippen molar-refractivity contribution >= 4 is 11.7 Å². The Morgan fingerprint density at radius 1 is 1.25 bits per heavy atom. The van der Waals surface area contributed by atoms with Crippen molar-refractivity contribution in [3.8, 4) is 0 Å². The van der Waals surface area contributed by atoms with Crippen LogP contribution < -0.4 is 5.73 Å². The monoisotopic (exact) mass is 328 g/mol. The maximum Gasteiger partial charge on any atom is 0.290 e. The molecule has 126 valence electrons. The molecule has 3 rings (SSSR count). The third-order valence-electron chi connectivity index (χ3n) is 4.76. The highest BCUT2D eigenvalue weighted by atomic mass is 16.5. The van der Waals surface area contributed by atoms with Crippen molar-refractivity contribution < 1.29 is 14.1 Å². The number of hydrogen-bond donors (Lipinski definition) is 1. The highest BCUT2D eigenvalue weighted by Crippen LogP contribution is 2.36. The van der Waals surface area contributed by atoms with E-state index < -0.39 is 11.3 Å². The molecule has 2 heterocycles. The lowest BCUT2D eigenvalue weighted by molar-refractivity contribution is -0.124. The quantitative estimate of drug-likeness (QED) is 0.887. The van der Waals surface area contributed by atoms with E-state index in [2.05, 4.69) is 15.0 Å². The number of nitrogens with two attached hydrogens (primary N) is 1. The van der Waals surface area contributed by atoms with Gasteiger partial charge in [0.05, 0.1) is 12.0 Å². The summed E-state index contributed by atoms with van der Waals surface area (Å²) in [4.78, 5) is 29.5. The van der Waals surface area contributed by atoms with Gasteiger partial charge >= 0.3 is 0 Å². The van der Waals surface area contributed by atoms with Crippen LogP contribution in [0.5, 0.6) is 0 Å². The number of ketones is 1. The van der Waals surface area contributed by atoms with Crippen LogP contribution in [0, 0.1) is 0 Å². The Hall–Kier alpha value is -2.54. The van der Waals surface area contributed by atoms with E-state index in [0.29, 0.717) is 12.4 Å². The molecule has 1 aliphatic rings. The van der Waals surface area contributed by atoms with Gasteiger partial charge in [-0.05, 0) is 38.4 Å². The third kappa shape index (κ3) is 3.07. The van der Waals surface area contributed by atoms with Crippen molar-refractivity contribution in [3.63, 3.8) is 0 Å². The highest BCUT2D eigenvalue weighted by molar-refractivity contribution is 5.88. The van der Waals surface area contributed by atoms with E-state index in [9.17, 15) is 9.59 Å². The molecule has 7 nitrogen and oxygen atoms in total. The number of aromatic nitrogens is 2. The molecule has 2 N–H and O–H groups in total. The third-order valence-corrected chi connectivity index (χ3v) is 4.76. The van der Waals surface area contributed by atoms with Crippen molar-refractivity contribution in [1.82, 2.24) is 15.0 Å². The molecule has 2 aromatic rings. The number of rotatable bonds is 5. The average Bonchev–Trinajstić information content (AvgIpc) is 3.05. The summed E-state index contributed by atoms with van der Waals surface area (Å²) in [5.41, 5.74) is 5.77. The summed E-state index contributed by atoms with van der Waals surface area (Å²) in [6.07, 6.45) is 1.48. The Labute approximate surface area is 139 Å². The van der Waals surface area contributed by atoms with Gasteiger partial charge in [-0.2, -0.15) is 4.98 Å². The first kappa shape index (κ1) is 16.3. The zero-order chi connectivity index (χ0) is 17.2. The van der Waals surface area contributed by atoms with Crippen LogP contribution in [0.15, 0.2) is 34.9 Å². The van der Waals surface area contributed by atoms with Gasteiger partial charge in [0.15, 0.2) is 0 Å². The second kappa shape index (κ2) is 6.52. The largest absolute Gasteiger partial charge is 0.363 e. The Morgan fingerprint density at radius 3 is 2.46 bits per heavy atom. The first-order valence-electron chi connectivity index (χ1n) is 7.92. The summed E-state index contributed by atoms with van der Waals surface area (Å²) in [7, 11) is 0. The van der Waals surface area contributed by atoms with E-state index in [1.165, 1.54) is 0 Å². The fraction of sp³-hybridized carbons (Fsp3) is 0.412. The smallest absolute Gasteiger partial charge is 0.290 e. The van der Waals surface area contributed by atoms with Crippen LogP contribution in [0.4, 0.5) is 0 Å². The number of primary amides is 1. The summed E-state index contributed by atoms with van der Waals surface area (Å²) in [6, 6.07) is 9.94. The molecule has 0 atom stereocenters. The van der Waals surface area contributed by atoms with E-state index in [4.69, 9.17) is 10.3 Å². The number of hydrogen-bond acceptors (Lipinski definition) is 6. The molecule has 0 radical (unpaired) electrons. The van der Waals surface area contributed by atoms with Crippen LogP contribution in [0.1, 0.15) is 41.8 Å². The number of benzene rings is 1. The fourth-order valence-corrected chi connectivity index (χ4v) is 3.30. The number of Topliss-reactive ketones (excluding diaryl/α,β-unsaturated/α-hetero) is 1. The molecular weight excluding hydrogens is 308 g/mol. The van der Waals surface area contributed by atoms with Crippen molar-refractivity contribution in [2.45, 2.75) is 31.7 Å². The maximum atomic E-state index is 12.4. The van der Waals surface area contributed by atoms with Crippen molar-refractivity contribution in [2.75, 3.05) is 13.1 Å². The maximum absolute atomic E-state index is 12.4. The number of piperidine rings is 1. The SMILES string of the molecule is CC(=O)C1(c2ccccc2)CCN(Cc2nc(C(N)=O)no2)CC1. The molecular formula is C17H20N4O3. The molecule has 0 aliphatic carbocycles. The molecule has 1 aliphatic heterocycles. The molecule has 1 fully saturated rings. The zero-order valence-corrected chi connectivity index (χ0v) is 13.6. The van der Waals surface area contributed by atoms with Crippen molar-refractivity contribution in [1.29, 1.82) is 0 Å². The van der Waals surface area contributed by atoms with Crippen LogP contribution in [-0.2, 0) is 16.8 Å². The molecule has 0 unspecified atom stereocenters. The van der Waals surface area contributed by atoms with E-state index in [-0.39, 0.29) is 11.6 Å². The van der Waals surface area contributed by atoms with Crippen LogP contribution in [0.3, 0.4) is 0 Å². The molecule has 1 amide bonds. The van der Waals surface area contributed by atoms with E-state index in [0.717, 1.165) is 31.5 Å². The van der Waals surface area contributed by atoms with Gasteiger partial charge in [-0.3, -0.25) is 14.5 Å². The molecule has 1 aromatic heterocycles. The topological polar surface area (TPSA) is 102 Å². The average molecular weight is 328 g/mol. The summed E-state index contributed by atoms with van der Waals surface area (Å²) < 4.78 is 5.04. The van der Waals surface area contributed by atoms with Crippen molar-refractivity contribution in [2.24, 2.45) is 5.73 Å². The molecule has 1 saturated heterocycles. The molecule has 7 heteroatoms. The minimum Gasteiger partial charge on any atom is -0.363 e. The second-order valence-corrected chi connectivity index (χ2v) is 6.16. The van der Waals surface area contributed by atoms with Gasteiger partial charge in [0, 0.05) is 0 Å². The van der Waals surface area contributed by atoms with Gasteiger partial charge in [0.25, 0.3) is 11.7 Å². The summed E-state index contributed by atoms with van der Waals surface area (Å²) in [5, 5.41) is 3.54. The predicted molar refractivity (Wildman–Crippen MR) is 86.1 cm³/mol. The summed E-state index contributed by atoms with van der Waals surface area (Å²) >= 11 is 0. The minimum absolute atomic E-state index is 0.107. The van der Waals surface area contributed by atoms with Crippen LogP contribution in [0.2, 0.25) is 0 Å². The van der Waals surface area contributed by atoms with Gasteiger partial charge in [-0.25, -0.2) is 0 Å². The molecule has 1 aromatic carbocycles. The normalized spacial score (nSPS) is 17.5. The standard InChI is InChI=1S/C17H20N4O3/c1-12(22)17(13-5-3-2-4-6-13)7-9-21(10-8-17)11-14-19-16(15(18)23)20-24-14/h2-6H,7-11H2,1H3,(H2,18,23). The lowest BCUT2D eigenvalue weighted by Crippen LogP contribution is -2.46. The van der Waals surface area contributed by atoms with Crippen molar-refractivity contribution in [3.05, 3.63) is 47.6 Å². The van der Waals surface area contributed by atoms with Gasteiger partial charge in [0.1, 0.15) is 5.78 Å². The van der Waals surface area contributed by atoms with Gasteiger partial charge in [0.2, 0.25) is 5.89 Å². The molecule has 0 bridgehead atoms. The molecule has 24 heavy (non-hydrogen) atoms. The van der Waals surface area contributed by atoms with Gasteiger partial charge in [-0.15, -0.1) is 0 Å². The molecule has 0 spiro atoms. The van der Waals surface area contributed by atoms with Crippen LogP contribution >= 0.6 is 0 Å². The first-order valence-corrected chi connectivity index (χ1v) is 7.92. The zero-order valence-electron chi connectivity index (χ0n) is 13.6. The van der Waals surface area contributed by atoms with Crippen LogP contribution in [-0.4, -0.2) is 39.8 Å². The fourth-order valence-electron chi connectivity index (χ4n) is 3.30. The molecule has 0 saturated carbocycles. The van der Waals surface area contributed by atoms with E-state index >= 15 is 0 Å². The first-order chi connectivity index (χ1) is 11.5. The Balaban J connectivity index is 1.69. The lowest BCUT2D eigenvalue weighted by atomic mass is 9.70. The number of nitrogens with zero attached hydrogens (tertiary/aromatic N) is 3. The lowest BCUT2D eigenvalue weighted by Gasteiger charge is -2.40. The number of carbonyl (C=O) groups is 2. The summed E-state index contributed by atoms with van der Waals surface area (Å²) in [6.45, 7) is 3.59. The highest BCUT2D eigenvalue weighted by Gasteiger charge is 2.40. The van der Waals surface area contributed by atoms with Crippen LogP contribution in [0.25, 0.3) is 0 Å². The Kier molecular flexibility index (Phi) is 4.44. The Morgan fingerprint density at radius 2 is 1.92 bits per heavy atom. The second-order valence-electron chi connectivity index (χ2n) is 6.16.